The highest BCUT2D eigenvalue weighted by molar-refractivity contribution is 5.74. The zero-order chi connectivity index (χ0) is 14.8. The van der Waals surface area contributed by atoms with E-state index in [9.17, 15) is 15.0 Å². The number of methoxy groups -OCH3 is 1. The van der Waals surface area contributed by atoms with Gasteiger partial charge in [0, 0.05) is 5.56 Å². The van der Waals surface area contributed by atoms with Crippen molar-refractivity contribution in [1.82, 2.24) is 0 Å². The van der Waals surface area contributed by atoms with E-state index in [2.05, 4.69) is 0 Å². The third kappa shape index (κ3) is 3.19. The van der Waals surface area contributed by atoms with Crippen LogP contribution in [0.3, 0.4) is 0 Å². The molecule has 19 heavy (non-hydrogen) atoms. The number of ether oxygens (including phenoxy) is 1. The SMILES string of the molecule is COc1ccc(C(C)C)c(CC(C)(C)C(=O)O)c1O. The summed E-state index contributed by atoms with van der Waals surface area (Å²) in [4.78, 5) is 11.3. The normalized spacial score (nSPS) is 11.7. The van der Waals surface area contributed by atoms with E-state index in [4.69, 9.17) is 4.74 Å². The molecule has 0 aliphatic rings. The van der Waals surface area contributed by atoms with Crippen molar-refractivity contribution in [2.45, 2.75) is 40.0 Å². The predicted molar refractivity (Wildman–Crippen MR) is 73.9 cm³/mol. The summed E-state index contributed by atoms with van der Waals surface area (Å²) in [5, 5.41) is 19.5. The summed E-state index contributed by atoms with van der Waals surface area (Å²) < 4.78 is 5.10. The van der Waals surface area contributed by atoms with Crippen molar-refractivity contribution >= 4 is 5.97 Å². The van der Waals surface area contributed by atoms with Gasteiger partial charge in [-0.1, -0.05) is 19.9 Å². The minimum Gasteiger partial charge on any atom is -0.504 e. The lowest BCUT2D eigenvalue weighted by Gasteiger charge is -2.23. The molecule has 0 aliphatic carbocycles. The molecule has 2 N–H and O–H groups in total. The Morgan fingerprint density at radius 2 is 1.95 bits per heavy atom. The fourth-order valence-electron chi connectivity index (χ4n) is 2.04. The summed E-state index contributed by atoms with van der Waals surface area (Å²) in [5.41, 5.74) is 0.669. The molecule has 0 atom stereocenters. The van der Waals surface area contributed by atoms with Crippen molar-refractivity contribution in [3.8, 4) is 11.5 Å². The Morgan fingerprint density at radius 1 is 1.37 bits per heavy atom. The van der Waals surface area contributed by atoms with Crippen LogP contribution >= 0.6 is 0 Å². The van der Waals surface area contributed by atoms with E-state index in [0.717, 1.165) is 5.56 Å². The molecular weight excluding hydrogens is 244 g/mol. The Kier molecular flexibility index (Phi) is 4.45. The van der Waals surface area contributed by atoms with Crippen LogP contribution in [0.25, 0.3) is 0 Å². The number of carbonyl (C=O) groups is 1. The lowest BCUT2D eigenvalue weighted by atomic mass is 9.82. The first-order valence-corrected chi connectivity index (χ1v) is 6.32. The van der Waals surface area contributed by atoms with Gasteiger partial charge in [-0.15, -0.1) is 0 Å². The zero-order valence-electron chi connectivity index (χ0n) is 12.2. The largest absolute Gasteiger partial charge is 0.504 e. The van der Waals surface area contributed by atoms with Crippen LogP contribution in [-0.4, -0.2) is 23.3 Å². The zero-order valence-corrected chi connectivity index (χ0v) is 12.2. The van der Waals surface area contributed by atoms with Crippen LogP contribution in [0.15, 0.2) is 12.1 Å². The molecule has 1 rings (SSSR count). The van der Waals surface area contributed by atoms with E-state index in [1.54, 1.807) is 19.9 Å². The van der Waals surface area contributed by atoms with Gasteiger partial charge in [0.15, 0.2) is 11.5 Å². The van der Waals surface area contributed by atoms with Gasteiger partial charge in [-0.2, -0.15) is 0 Å². The molecule has 0 amide bonds. The quantitative estimate of drug-likeness (QED) is 0.859. The predicted octanol–water partition coefficient (Wildman–Crippen LogP) is 3.18. The number of carboxylic acids is 1. The van der Waals surface area contributed by atoms with E-state index >= 15 is 0 Å². The number of aromatic hydroxyl groups is 1. The van der Waals surface area contributed by atoms with Crippen LogP contribution < -0.4 is 4.74 Å². The Balaban J connectivity index is 3.34. The van der Waals surface area contributed by atoms with E-state index in [1.165, 1.54) is 7.11 Å². The number of benzene rings is 1. The molecule has 1 aromatic carbocycles. The van der Waals surface area contributed by atoms with E-state index in [-0.39, 0.29) is 18.1 Å². The smallest absolute Gasteiger partial charge is 0.309 e. The Hall–Kier alpha value is -1.71. The first kappa shape index (κ1) is 15.3. The van der Waals surface area contributed by atoms with E-state index in [1.807, 2.05) is 19.9 Å². The van der Waals surface area contributed by atoms with Gasteiger partial charge in [-0.05, 0) is 37.8 Å². The first-order valence-electron chi connectivity index (χ1n) is 6.32. The van der Waals surface area contributed by atoms with Gasteiger partial charge >= 0.3 is 5.97 Å². The number of hydrogen-bond donors (Lipinski definition) is 2. The van der Waals surface area contributed by atoms with Gasteiger partial charge in [0.2, 0.25) is 0 Å². The van der Waals surface area contributed by atoms with Gasteiger partial charge in [0.25, 0.3) is 0 Å². The maximum atomic E-state index is 11.3. The van der Waals surface area contributed by atoms with Gasteiger partial charge < -0.3 is 14.9 Å². The van der Waals surface area contributed by atoms with Gasteiger partial charge in [0.1, 0.15) is 0 Å². The number of aliphatic carboxylic acids is 1. The molecule has 106 valence electrons. The second kappa shape index (κ2) is 5.51. The molecule has 0 bridgehead atoms. The molecule has 0 heterocycles. The molecule has 1 aromatic rings. The number of phenolic OH excluding ortho intramolecular Hbond substituents is 1. The third-order valence-electron chi connectivity index (χ3n) is 3.32. The van der Waals surface area contributed by atoms with Gasteiger partial charge in [-0.3, -0.25) is 4.79 Å². The van der Waals surface area contributed by atoms with Crippen molar-refractivity contribution in [3.05, 3.63) is 23.3 Å². The highest BCUT2D eigenvalue weighted by Gasteiger charge is 2.30. The number of carboxylic acid groups (broad SMARTS) is 1. The van der Waals surface area contributed by atoms with Crippen LogP contribution in [0, 0.1) is 5.41 Å². The van der Waals surface area contributed by atoms with Gasteiger partial charge in [-0.25, -0.2) is 0 Å². The van der Waals surface area contributed by atoms with Crippen LogP contribution in [-0.2, 0) is 11.2 Å². The summed E-state index contributed by atoms with van der Waals surface area (Å²) in [6, 6.07) is 3.60. The van der Waals surface area contributed by atoms with Crippen molar-refractivity contribution in [2.75, 3.05) is 7.11 Å². The molecule has 0 unspecified atom stereocenters. The van der Waals surface area contributed by atoms with Crippen LogP contribution in [0.1, 0.15) is 44.7 Å². The molecule has 0 radical (unpaired) electrons. The van der Waals surface area contributed by atoms with E-state index in [0.29, 0.717) is 11.3 Å². The third-order valence-corrected chi connectivity index (χ3v) is 3.32. The fourth-order valence-corrected chi connectivity index (χ4v) is 2.04. The van der Waals surface area contributed by atoms with Crippen molar-refractivity contribution in [3.63, 3.8) is 0 Å². The average Bonchev–Trinajstić information content (AvgIpc) is 2.30. The molecule has 0 aliphatic heterocycles. The minimum absolute atomic E-state index is 0.0445. The topological polar surface area (TPSA) is 66.8 Å². The first-order chi connectivity index (χ1) is 8.70. The highest BCUT2D eigenvalue weighted by Crippen LogP contribution is 2.39. The Bertz CT molecular complexity index is 475. The van der Waals surface area contributed by atoms with Crippen molar-refractivity contribution in [1.29, 1.82) is 0 Å². The summed E-state index contributed by atoms with van der Waals surface area (Å²) in [7, 11) is 1.48. The molecular formula is C15H22O4. The monoisotopic (exact) mass is 266 g/mol. The van der Waals surface area contributed by atoms with Crippen LogP contribution in [0.2, 0.25) is 0 Å². The number of phenols is 1. The Morgan fingerprint density at radius 3 is 2.37 bits per heavy atom. The number of rotatable bonds is 5. The molecule has 4 nitrogen and oxygen atoms in total. The van der Waals surface area contributed by atoms with E-state index < -0.39 is 11.4 Å². The van der Waals surface area contributed by atoms with Crippen LogP contribution in [0.4, 0.5) is 0 Å². The highest BCUT2D eigenvalue weighted by atomic mass is 16.5. The number of hydrogen-bond acceptors (Lipinski definition) is 3. The fraction of sp³-hybridized carbons (Fsp3) is 0.533. The summed E-state index contributed by atoms with van der Waals surface area (Å²) in [6.45, 7) is 7.33. The van der Waals surface area contributed by atoms with Crippen molar-refractivity contribution < 1.29 is 19.7 Å². The standard InChI is InChI=1S/C15H22O4/c1-9(2)10-6-7-12(19-5)13(16)11(10)8-15(3,4)14(17)18/h6-7,9,16H,8H2,1-5H3,(H,17,18). The molecule has 4 heteroatoms. The second-order valence-electron chi connectivity index (χ2n) is 5.70. The molecule has 0 spiro atoms. The maximum Gasteiger partial charge on any atom is 0.309 e. The summed E-state index contributed by atoms with van der Waals surface area (Å²) >= 11 is 0. The maximum absolute atomic E-state index is 11.3. The molecule has 0 saturated carbocycles. The lowest BCUT2D eigenvalue weighted by Crippen LogP contribution is -2.26. The van der Waals surface area contributed by atoms with Crippen LogP contribution in [0.5, 0.6) is 11.5 Å². The molecule has 0 aromatic heterocycles. The lowest BCUT2D eigenvalue weighted by molar-refractivity contribution is -0.146. The second-order valence-corrected chi connectivity index (χ2v) is 5.70. The molecule has 0 saturated heterocycles. The minimum atomic E-state index is -0.937. The van der Waals surface area contributed by atoms with Crippen molar-refractivity contribution in [2.24, 2.45) is 5.41 Å². The van der Waals surface area contributed by atoms with Gasteiger partial charge in [0.05, 0.1) is 12.5 Å². The summed E-state index contributed by atoms with van der Waals surface area (Å²) in [6.07, 6.45) is 0.263. The Labute approximate surface area is 114 Å². The molecule has 0 fully saturated rings. The average molecular weight is 266 g/mol. The summed E-state index contributed by atoms with van der Waals surface area (Å²) in [5.74, 6) is -0.260.